The minimum atomic E-state index is -4.72. The van der Waals surface area contributed by atoms with E-state index in [1.165, 1.54) is 19.2 Å². The Hall–Kier alpha value is -3.10. The average Bonchev–Trinajstić information content (AvgIpc) is 3.35. The van der Waals surface area contributed by atoms with Crippen molar-refractivity contribution in [2.45, 2.75) is 12.6 Å². The molecule has 4 rings (SSSR count). The molecule has 1 saturated carbocycles. The van der Waals surface area contributed by atoms with Gasteiger partial charge in [-0.05, 0) is 23.8 Å². The molecule has 2 N–H and O–H groups in total. The second-order valence-electron chi connectivity index (χ2n) is 7.39. The van der Waals surface area contributed by atoms with Gasteiger partial charge in [0.05, 0.1) is 17.4 Å². The van der Waals surface area contributed by atoms with Gasteiger partial charge in [0, 0.05) is 7.05 Å². The fourth-order valence-electron chi connectivity index (χ4n) is 4.46. The van der Waals surface area contributed by atoms with Gasteiger partial charge in [0.25, 0.3) is 0 Å². The number of carbonyl (C=O) groups excluding carboxylic acids is 1. The third-order valence-corrected chi connectivity index (χ3v) is 5.67. The van der Waals surface area contributed by atoms with Crippen LogP contribution in [-0.4, -0.2) is 26.8 Å². The Morgan fingerprint density at radius 2 is 1.76 bits per heavy atom. The zero-order valence-corrected chi connectivity index (χ0v) is 15.3. The van der Waals surface area contributed by atoms with Crippen LogP contribution in [-0.2, 0) is 22.8 Å². The number of hydrogen-bond donors (Lipinski definition) is 2. The Bertz CT molecular complexity index is 998. The van der Waals surface area contributed by atoms with Crippen molar-refractivity contribution >= 4 is 17.7 Å². The number of carbonyl (C=O) groups is 2. The number of carboxylic acids is 1. The second-order valence-corrected chi connectivity index (χ2v) is 7.39. The summed E-state index contributed by atoms with van der Waals surface area (Å²) in [6.45, 7) is 0. The molecule has 1 amide bonds. The number of aryl methyl sites for hydroxylation is 1. The van der Waals surface area contributed by atoms with E-state index in [9.17, 15) is 27.9 Å². The zero-order valence-electron chi connectivity index (χ0n) is 15.3. The van der Waals surface area contributed by atoms with Crippen LogP contribution < -0.4 is 5.32 Å². The van der Waals surface area contributed by atoms with E-state index < -0.39 is 35.6 Å². The van der Waals surface area contributed by atoms with Gasteiger partial charge < -0.3 is 10.4 Å². The van der Waals surface area contributed by atoms with Crippen molar-refractivity contribution in [3.63, 3.8) is 0 Å². The summed E-state index contributed by atoms with van der Waals surface area (Å²) in [5.41, 5.74) is -1.09. The molecule has 0 aliphatic heterocycles. The number of aliphatic carboxylic acids is 1. The third-order valence-electron chi connectivity index (χ3n) is 5.67. The number of halogens is 3. The molecule has 6 nitrogen and oxygen atoms in total. The predicted molar refractivity (Wildman–Crippen MR) is 97.6 cm³/mol. The van der Waals surface area contributed by atoms with E-state index in [0.717, 1.165) is 4.68 Å². The van der Waals surface area contributed by atoms with Crippen LogP contribution in [0, 0.1) is 23.7 Å². The van der Waals surface area contributed by atoms with Gasteiger partial charge in [0.15, 0.2) is 5.69 Å². The summed E-state index contributed by atoms with van der Waals surface area (Å²) in [4.78, 5) is 24.7. The van der Waals surface area contributed by atoms with Crippen LogP contribution in [0.15, 0.2) is 42.5 Å². The van der Waals surface area contributed by atoms with Gasteiger partial charge in [-0.25, -0.2) is 0 Å². The number of anilines is 1. The van der Waals surface area contributed by atoms with Gasteiger partial charge in [-0.3, -0.25) is 14.3 Å². The molecule has 2 aliphatic carbocycles. The quantitative estimate of drug-likeness (QED) is 0.762. The SMILES string of the molecule is Cn1nc(C(F)(F)F)c(-c2ccccc2)c1NC(=O)[C@H]1[C@@H](C(=O)O)[C@H]2C=C[C@@H]1C2. The van der Waals surface area contributed by atoms with Crippen molar-refractivity contribution in [2.24, 2.45) is 30.7 Å². The number of nitrogens with zero attached hydrogens (tertiary/aromatic N) is 2. The number of carboxylic acid groups (broad SMARTS) is 1. The van der Waals surface area contributed by atoms with Crippen LogP contribution in [0.4, 0.5) is 19.0 Å². The first-order chi connectivity index (χ1) is 13.7. The van der Waals surface area contributed by atoms with Crippen molar-refractivity contribution in [1.82, 2.24) is 9.78 Å². The number of hydrogen-bond acceptors (Lipinski definition) is 3. The van der Waals surface area contributed by atoms with E-state index in [1.54, 1.807) is 24.3 Å². The predicted octanol–water partition coefficient (Wildman–Crippen LogP) is 3.57. The van der Waals surface area contributed by atoms with E-state index in [4.69, 9.17) is 0 Å². The van der Waals surface area contributed by atoms with Gasteiger partial charge >= 0.3 is 12.1 Å². The topological polar surface area (TPSA) is 84.2 Å². The lowest BCUT2D eigenvalue weighted by Gasteiger charge is -2.24. The van der Waals surface area contributed by atoms with E-state index in [0.29, 0.717) is 6.42 Å². The molecule has 2 aliphatic rings. The van der Waals surface area contributed by atoms with Crippen LogP contribution >= 0.6 is 0 Å². The van der Waals surface area contributed by atoms with Crippen LogP contribution in [0.2, 0.25) is 0 Å². The first-order valence-corrected chi connectivity index (χ1v) is 9.10. The highest BCUT2D eigenvalue weighted by Gasteiger charge is 2.52. The Morgan fingerprint density at radius 1 is 1.14 bits per heavy atom. The largest absolute Gasteiger partial charge is 0.481 e. The van der Waals surface area contributed by atoms with Crippen molar-refractivity contribution in [3.05, 3.63) is 48.2 Å². The molecule has 9 heteroatoms. The summed E-state index contributed by atoms with van der Waals surface area (Å²) in [5.74, 6) is -4.00. The molecule has 1 fully saturated rings. The Kier molecular flexibility index (Phi) is 4.48. The standard InChI is InChI=1S/C20H18F3N3O3/c1-26-17(15(10-5-3-2-4-6-10)16(25-26)20(21,22)23)24-18(27)13-11-7-8-12(9-11)14(13)19(28)29/h2-8,11-14H,9H2,1H3,(H,24,27)(H,28,29)/t11-,12+,13-,14+/m1/s1. The molecular weight excluding hydrogens is 387 g/mol. The molecule has 0 unspecified atom stereocenters. The number of allylic oxidation sites excluding steroid dienone is 2. The highest BCUT2D eigenvalue weighted by Crippen LogP contribution is 2.49. The summed E-state index contributed by atoms with van der Waals surface area (Å²) >= 11 is 0. The highest BCUT2D eigenvalue weighted by molar-refractivity contribution is 5.99. The Labute approximate surface area is 164 Å². The first kappa shape index (κ1) is 19.2. The monoisotopic (exact) mass is 405 g/mol. The number of amides is 1. The Morgan fingerprint density at radius 3 is 2.34 bits per heavy atom. The smallest absolute Gasteiger partial charge is 0.435 e. The minimum absolute atomic E-state index is 0.107. The van der Waals surface area contributed by atoms with Crippen molar-refractivity contribution in [3.8, 4) is 11.1 Å². The van der Waals surface area contributed by atoms with Crippen LogP contribution in [0.1, 0.15) is 12.1 Å². The fourth-order valence-corrected chi connectivity index (χ4v) is 4.46. The molecule has 0 radical (unpaired) electrons. The number of benzene rings is 1. The van der Waals surface area contributed by atoms with Crippen molar-refractivity contribution < 1.29 is 27.9 Å². The van der Waals surface area contributed by atoms with Crippen LogP contribution in [0.5, 0.6) is 0 Å². The van der Waals surface area contributed by atoms with Gasteiger partial charge in [-0.2, -0.15) is 18.3 Å². The molecule has 29 heavy (non-hydrogen) atoms. The molecule has 1 aromatic heterocycles. The lowest BCUT2D eigenvalue weighted by molar-refractivity contribution is -0.146. The lowest BCUT2D eigenvalue weighted by Crippen LogP contribution is -2.36. The number of rotatable bonds is 4. The number of aromatic nitrogens is 2. The van der Waals surface area contributed by atoms with Gasteiger partial charge in [-0.15, -0.1) is 0 Å². The molecule has 2 aromatic rings. The highest BCUT2D eigenvalue weighted by atomic mass is 19.4. The van der Waals surface area contributed by atoms with E-state index >= 15 is 0 Å². The molecular formula is C20H18F3N3O3. The maximum absolute atomic E-state index is 13.6. The summed E-state index contributed by atoms with van der Waals surface area (Å²) in [7, 11) is 1.31. The van der Waals surface area contributed by atoms with Crippen molar-refractivity contribution in [1.29, 1.82) is 0 Å². The van der Waals surface area contributed by atoms with E-state index in [-0.39, 0.29) is 28.8 Å². The summed E-state index contributed by atoms with van der Waals surface area (Å²) in [6.07, 6.45) is -0.546. The maximum Gasteiger partial charge on any atom is 0.435 e. The van der Waals surface area contributed by atoms with Crippen molar-refractivity contribution in [2.75, 3.05) is 5.32 Å². The molecule has 152 valence electrons. The number of nitrogens with one attached hydrogen (secondary N) is 1. The molecule has 0 spiro atoms. The first-order valence-electron chi connectivity index (χ1n) is 9.10. The van der Waals surface area contributed by atoms with Gasteiger partial charge in [0.1, 0.15) is 5.82 Å². The molecule has 1 aromatic carbocycles. The van der Waals surface area contributed by atoms with E-state index in [2.05, 4.69) is 10.4 Å². The summed E-state index contributed by atoms with van der Waals surface area (Å²) in [6, 6.07) is 7.86. The second kappa shape index (κ2) is 6.75. The minimum Gasteiger partial charge on any atom is -0.481 e. The van der Waals surface area contributed by atoms with Gasteiger partial charge in [-0.1, -0.05) is 42.5 Å². The molecule has 4 atom stereocenters. The maximum atomic E-state index is 13.6. The molecule has 2 bridgehead atoms. The van der Waals surface area contributed by atoms with E-state index in [1.807, 2.05) is 6.08 Å². The molecule has 1 heterocycles. The normalized spacial score (nSPS) is 25.4. The van der Waals surface area contributed by atoms with Crippen LogP contribution in [0.3, 0.4) is 0 Å². The third kappa shape index (κ3) is 3.20. The fraction of sp³-hybridized carbons (Fsp3) is 0.350. The summed E-state index contributed by atoms with van der Waals surface area (Å²) in [5, 5.41) is 15.7. The number of fused-ring (bicyclic) bond motifs is 2. The number of alkyl halides is 3. The van der Waals surface area contributed by atoms with Gasteiger partial charge in [0.2, 0.25) is 5.91 Å². The summed E-state index contributed by atoms with van der Waals surface area (Å²) < 4.78 is 41.7. The lowest BCUT2D eigenvalue weighted by atomic mass is 9.82. The Balaban J connectivity index is 1.74. The van der Waals surface area contributed by atoms with Crippen LogP contribution in [0.25, 0.3) is 11.1 Å². The average molecular weight is 405 g/mol. The zero-order chi connectivity index (χ0) is 20.9. The molecule has 0 saturated heterocycles.